The Hall–Kier alpha value is -1.62. The van der Waals surface area contributed by atoms with Crippen LogP contribution >= 0.6 is 11.6 Å². The lowest BCUT2D eigenvalue weighted by atomic mass is 10.2. The fourth-order valence-electron chi connectivity index (χ4n) is 2.04. The summed E-state index contributed by atoms with van der Waals surface area (Å²) in [6.45, 7) is 3.77. The molecule has 2 rings (SSSR count). The molecular formula is C18H20ClNO2S. The van der Waals surface area contributed by atoms with Gasteiger partial charge in [-0.1, -0.05) is 53.6 Å². The molecule has 0 aromatic heterocycles. The van der Waals surface area contributed by atoms with Gasteiger partial charge in [0, 0.05) is 18.1 Å². The Morgan fingerprint density at radius 3 is 2.17 bits per heavy atom. The standard InChI is InChI=1S/C18H20ClNO2S/c1-14-4-12-18(13-5-14)23(21,22)20(3)15(2)6-7-16-8-10-17(19)11-9-16/h4-13,15H,1-3H3/b7-6+. The first-order chi connectivity index (χ1) is 10.8. The number of nitrogens with zero attached hydrogens (tertiary/aromatic N) is 1. The van der Waals surface area contributed by atoms with Gasteiger partial charge in [0.2, 0.25) is 10.0 Å². The van der Waals surface area contributed by atoms with Gasteiger partial charge in [0.25, 0.3) is 0 Å². The third kappa shape index (κ3) is 4.44. The summed E-state index contributed by atoms with van der Waals surface area (Å²) in [5, 5.41) is 0.675. The van der Waals surface area contributed by atoms with Crippen LogP contribution in [0, 0.1) is 6.92 Å². The van der Waals surface area contributed by atoms with E-state index in [1.165, 1.54) is 4.31 Å². The highest BCUT2D eigenvalue weighted by Gasteiger charge is 2.23. The Morgan fingerprint density at radius 2 is 1.61 bits per heavy atom. The van der Waals surface area contributed by atoms with Crippen molar-refractivity contribution in [3.05, 3.63) is 70.8 Å². The average molecular weight is 350 g/mol. The van der Waals surface area contributed by atoms with Crippen molar-refractivity contribution in [2.45, 2.75) is 24.8 Å². The van der Waals surface area contributed by atoms with E-state index in [-0.39, 0.29) is 6.04 Å². The highest BCUT2D eigenvalue weighted by atomic mass is 35.5. The zero-order valence-corrected chi connectivity index (χ0v) is 15.0. The van der Waals surface area contributed by atoms with Crippen molar-refractivity contribution >= 4 is 27.7 Å². The molecule has 0 aliphatic heterocycles. The third-order valence-corrected chi connectivity index (χ3v) is 5.92. The van der Waals surface area contributed by atoms with E-state index in [1.807, 2.05) is 38.1 Å². The van der Waals surface area contributed by atoms with Gasteiger partial charge < -0.3 is 0 Å². The second-order valence-corrected chi connectivity index (χ2v) is 7.92. The molecule has 0 amide bonds. The van der Waals surface area contributed by atoms with Crippen molar-refractivity contribution in [2.24, 2.45) is 0 Å². The number of hydrogen-bond acceptors (Lipinski definition) is 2. The van der Waals surface area contributed by atoms with Crippen LogP contribution in [0.3, 0.4) is 0 Å². The molecule has 0 saturated carbocycles. The quantitative estimate of drug-likeness (QED) is 0.803. The van der Waals surface area contributed by atoms with Gasteiger partial charge in [-0.05, 0) is 43.7 Å². The van der Waals surface area contributed by atoms with E-state index in [1.54, 1.807) is 43.4 Å². The van der Waals surface area contributed by atoms with Gasteiger partial charge in [0.05, 0.1) is 4.90 Å². The van der Waals surface area contributed by atoms with Gasteiger partial charge >= 0.3 is 0 Å². The smallest absolute Gasteiger partial charge is 0.207 e. The number of sulfonamides is 1. The van der Waals surface area contributed by atoms with Gasteiger partial charge in [-0.25, -0.2) is 8.42 Å². The highest BCUT2D eigenvalue weighted by Crippen LogP contribution is 2.18. The summed E-state index contributed by atoms with van der Waals surface area (Å²) in [6, 6.07) is 14.0. The van der Waals surface area contributed by atoms with Crippen LogP contribution in [0.2, 0.25) is 5.02 Å². The first-order valence-electron chi connectivity index (χ1n) is 7.29. The molecule has 2 aromatic rings. The molecule has 1 atom stereocenters. The van der Waals surface area contributed by atoms with Crippen molar-refractivity contribution in [1.29, 1.82) is 0 Å². The first-order valence-corrected chi connectivity index (χ1v) is 9.11. The van der Waals surface area contributed by atoms with Crippen LogP contribution in [-0.4, -0.2) is 25.8 Å². The van der Waals surface area contributed by atoms with Crippen LogP contribution in [0.5, 0.6) is 0 Å². The molecule has 0 aliphatic carbocycles. The lowest BCUT2D eigenvalue weighted by Crippen LogP contribution is -2.33. The fourth-order valence-corrected chi connectivity index (χ4v) is 3.49. The Morgan fingerprint density at radius 1 is 1.04 bits per heavy atom. The summed E-state index contributed by atoms with van der Waals surface area (Å²) in [7, 11) is -1.92. The molecule has 0 saturated heterocycles. The maximum atomic E-state index is 12.6. The largest absolute Gasteiger partial charge is 0.243 e. The van der Waals surface area contributed by atoms with E-state index in [0.29, 0.717) is 9.92 Å². The van der Waals surface area contributed by atoms with Crippen LogP contribution in [0.25, 0.3) is 6.08 Å². The Labute approximate surface area is 143 Å². The molecule has 5 heteroatoms. The van der Waals surface area contributed by atoms with E-state index in [9.17, 15) is 8.42 Å². The maximum Gasteiger partial charge on any atom is 0.243 e. The zero-order valence-electron chi connectivity index (χ0n) is 13.4. The molecule has 0 N–H and O–H groups in total. The first kappa shape index (κ1) is 17.7. The van der Waals surface area contributed by atoms with Gasteiger partial charge in [-0.3, -0.25) is 0 Å². The van der Waals surface area contributed by atoms with E-state index in [4.69, 9.17) is 11.6 Å². The maximum absolute atomic E-state index is 12.6. The Kier molecular flexibility index (Phi) is 5.63. The van der Waals surface area contributed by atoms with Crippen LogP contribution in [0.4, 0.5) is 0 Å². The summed E-state index contributed by atoms with van der Waals surface area (Å²) in [5.41, 5.74) is 2.00. The van der Waals surface area contributed by atoms with Crippen LogP contribution in [0.15, 0.2) is 59.5 Å². The molecule has 2 aromatic carbocycles. The number of benzene rings is 2. The lowest BCUT2D eigenvalue weighted by molar-refractivity contribution is 0.437. The number of likely N-dealkylation sites (N-methyl/N-ethyl adjacent to an activating group) is 1. The van der Waals surface area contributed by atoms with Gasteiger partial charge in [-0.2, -0.15) is 4.31 Å². The minimum absolute atomic E-state index is 0.267. The molecule has 0 spiro atoms. The average Bonchev–Trinajstić information content (AvgIpc) is 2.53. The monoisotopic (exact) mass is 349 g/mol. The van der Waals surface area contributed by atoms with E-state index in [2.05, 4.69) is 0 Å². The predicted molar refractivity (Wildman–Crippen MR) is 96.1 cm³/mol. The summed E-state index contributed by atoms with van der Waals surface area (Å²) in [6.07, 6.45) is 3.75. The molecule has 1 unspecified atom stereocenters. The van der Waals surface area contributed by atoms with Crippen molar-refractivity contribution in [2.75, 3.05) is 7.05 Å². The molecule has 0 fully saturated rings. The summed E-state index contributed by atoms with van der Waals surface area (Å²) < 4.78 is 26.6. The van der Waals surface area contributed by atoms with Crippen molar-refractivity contribution in [3.63, 3.8) is 0 Å². The summed E-state index contributed by atoms with van der Waals surface area (Å²) in [5.74, 6) is 0. The number of aryl methyl sites for hydroxylation is 1. The minimum Gasteiger partial charge on any atom is -0.207 e. The number of hydrogen-bond donors (Lipinski definition) is 0. The molecule has 0 radical (unpaired) electrons. The van der Waals surface area contributed by atoms with Gasteiger partial charge in [-0.15, -0.1) is 0 Å². The highest BCUT2D eigenvalue weighted by molar-refractivity contribution is 7.89. The predicted octanol–water partition coefficient (Wildman–Crippen LogP) is 4.37. The summed E-state index contributed by atoms with van der Waals surface area (Å²) >= 11 is 5.85. The number of halogens is 1. The normalized spacial score (nSPS) is 13.6. The molecule has 122 valence electrons. The minimum atomic E-state index is -3.51. The van der Waals surface area contributed by atoms with E-state index in [0.717, 1.165) is 11.1 Å². The molecule has 23 heavy (non-hydrogen) atoms. The van der Waals surface area contributed by atoms with Crippen LogP contribution in [0.1, 0.15) is 18.1 Å². The second kappa shape index (κ2) is 7.30. The molecule has 3 nitrogen and oxygen atoms in total. The molecular weight excluding hydrogens is 330 g/mol. The number of rotatable bonds is 5. The third-order valence-electron chi connectivity index (χ3n) is 3.71. The van der Waals surface area contributed by atoms with E-state index >= 15 is 0 Å². The molecule has 0 heterocycles. The topological polar surface area (TPSA) is 37.4 Å². The van der Waals surface area contributed by atoms with Crippen molar-refractivity contribution < 1.29 is 8.42 Å². The van der Waals surface area contributed by atoms with Crippen LogP contribution in [-0.2, 0) is 10.0 Å². The van der Waals surface area contributed by atoms with Gasteiger partial charge in [0.1, 0.15) is 0 Å². The Balaban J connectivity index is 2.16. The van der Waals surface area contributed by atoms with Crippen molar-refractivity contribution in [1.82, 2.24) is 4.31 Å². The zero-order chi connectivity index (χ0) is 17.0. The summed E-state index contributed by atoms with van der Waals surface area (Å²) in [4.78, 5) is 0.303. The fraction of sp³-hybridized carbons (Fsp3) is 0.222. The lowest BCUT2D eigenvalue weighted by Gasteiger charge is -2.22. The second-order valence-electron chi connectivity index (χ2n) is 5.49. The van der Waals surface area contributed by atoms with Gasteiger partial charge in [0.15, 0.2) is 0 Å². The Bertz CT molecular complexity index is 781. The SMILES string of the molecule is Cc1ccc(S(=O)(=O)N(C)C(C)/C=C/c2ccc(Cl)cc2)cc1. The van der Waals surface area contributed by atoms with E-state index < -0.39 is 10.0 Å². The molecule has 0 aliphatic rings. The molecule has 0 bridgehead atoms. The van der Waals surface area contributed by atoms with Crippen molar-refractivity contribution in [3.8, 4) is 0 Å². The van der Waals surface area contributed by atoms with Crippen LogP contribution < -0.4 is 0 Å².